The smallest absolute Gasteiger partial charge is 0.221 e. The highest BCUT2D eigenvalue weighted by atomic mass is 19.1. The highest BCUT2D eigenvalue weighted by Gasteiger charge is 2.22. The van der Waals surface area contributed by atoms with Crippen molar-refractivity contribution in [1.29, 1.82) is 0 Å². The molecule has 0 spiro atoms. The zero-order valence-electron chi connectivity index (χ0n) is 10.4. The lowest BCUT2D eigenvalue weighted by Gasteiger charge is -2.06. The molecule has 0 bridgehead atoms. The van der Waals surface area contributed by atoms with Crippen LogP contribution >= 0.6 is 0 Å². The first-order valence-electron chi connectivity index (χ1n) is 6.49. The third kappa shape index (κ3) is 4.45. The third-order valence-electron chi connectivity index (χ3n) is 3.00. The molecule has 1 aromatic rings. The van der Waals surface area contributed by atoms with Crippen LogP contribution in [0.25, 0.3) is 0 Å². The number of hydrogen-bond acceptors (Lipinski definition) is 2. The minimum Gasteiger partial charge on any atom is -0.353 e. The van der Waals surface area contributed by atoms with Crippen LogP contribution < -0.4 is 10.6 Å². The quantitative estimate of drug-likeness (QED) is 0.722. The molecule has 1 aliphatic rings. The van der Waals surface area contributed by atoms with E-state index in [0.717, 1.165) is 12.8 Å². The van der Waals surface area contributed by atoms with Crippen LogP contribution in [0.4, 0.5) is 4.39 Å². The van der Waals surface area contributed by atoms with E-state index in [1.807, 2.05) is 6.07 Å². The Labute approximate surface area is 107 Å². The highest BCUT2D eigenvalue weighted by Crippen LogP contribution is 2.18. The zero-order valence-corrected chi connectivity index (χ0v) is 10.4. The van der Waals surface area contributed by atoms with Crippen LogP contribution in [-0.4, -0.2) is 25.0 Å². The molecule has 1 saturated carbocycles. The summed E-state index contributed by atoms with van der Waals surface area (Å²) in [4.78, 5) is 11.4. The number of halogens is 1. The van der Waals surface area contributed by atoms with Gasteiger partial charge in [-0.3, -0.25) is 4.79 Å². The van der Waals surface area contributed by atoms with Gasteiger partial charge in [0.1, 0.15) is 5.82 Å². The van der Waals surface area contributed by atoms with Gasteiger partial charge in [0.2, 0.25) is 5.91 Å². The van der Waals surface area contributed by atoms with E-state index in [2.05, 4.69) is 10.6 Å². The summed E-state index contributed by atoms with van der Waals surface area (Å²) in [6.07, 6.45) is 3.38. The van der Waals surface area contributed by atoms with Crippen molar-refractivity contribution in [3.8, 4) is 0 Å². The zero-order chi connectivity index (χ0) is 12.8. The Morgan fingerprint density at radius 1 is 1.28 bits per heavy atom. The molecule has 1 aromatic carbocycles. The molecule has 0 aliphatic heterocycles. The topological polar surface area (TPSA) is 41.1 Å². The largest absolute Gasteiger partial charge is 0.353 e. The maximum Gasteiger partial charge on any atom is 0.221 e. The van der Waals surface area contributed by atoms with E-state index in [-0.39, 0.29) is 11.7 Å². The summed E-state index contributed by atoms with van der Waals surface area (Å²) >= 11 is 0. The van der Waals surface area contributed by atoms with Crippen LogP contribution in [-0.2, 0) is 11.2 Å². The Bertz CT molecular complexity index is 405. The fourth-order valence-corrected chi connectivity index (χ4v) is 1.78. The van der Waals surface area contributed by atoms with Gasteiger partial charge in [0, 0.05) is 19.0 Å². The fourth-order valence-electron chi connectivity index (χ4n) is 1.78. The van der Waals surface area contributed by atoms with E-state index in [1.54, 1.807) is 12.1 Å². The van der Waals surface area contributed by atoms with Crippen LogP contribution in [0.1, 0.15) is 24.8 Å². The Kier molecular flexibility index (Phi) is 4.70. The molecular formula is C14H19FN2O. The van der Waals surface area contributed by atoms with Crippen molar-refractivity contribution in [2.75, 3.05) is 13.1 Å². The monoisotopic (exact) mass is 250 g/mol. The van der Waals surface area contributed by atoms with Gasteiger partial charge in [-0.25, -0.2) is 4.39 Å². The molecule has 0 aromatic heterocycles. The normalized spacial score (nSPS) is 14.5. The van der Waals surface area contributed by atoms with E-state index in [9.17, 15) is 9.18 Å². The molecule has 0 atom stereocenters. The number of benzene rings is 1. The first-order chi connectivity index (χ1) is 8.75. The van der Waals surface area contributed by atoms with Crippen molar-refractivity contribution in [2.45, 2.75) is 31.7 Å². The van der Waals surface area contributed by atoms with Crippen molar-refractivity contribution in [3.63, 3.8) is 0 Å². The average Bonchev–Trinajstić information content (AvgIpc) is 3.15. The molecule has 0 saturated heterocycles. The van der Waals surface area contributed by atoms with Crippen molar-refractivity contribution in [2.24, 2.45) is 0 Å². The predicted octanol–water partition coefficient (Wildman–Crippen LogP) is 1.63. The van der Waals surface area contributed by atoms with Crippen LogP contribution in [0.15, 0.2) is 24.3 Å². The SMILES string of the molecule is O=C(CCNCCc1ccccc1F)NC1CC1. The molecule has 1 aliphatic carbocycles. The maximum atomic E-state index is 13.3. The van der Waals surface area contributed by atoms with Crippen molar-refractivity contribution >= 4 is 5.91 Å². The number of carbonyl (C=O) groups excluding carboxylic acids is 1. The van der Waals surface area contributed by atoms with Crippen LogP contribution in [0.3, 0.4) is 0 Å². The maximum absolute atomic E-state index is 13.3. The van der Waals surface area contributed by atoms with Gasteiger partial charge >= 0.3 is 0 Å². The lowest BCUT2D eigenvalue weighted by atomic mass is 10.1. The van der Waals surface area contributed by atoms with Crippen molar-refractivity contribution < 1.29 is 9.18 Å². The summed E-state index contributed by atoms with van der Waals surface area (Å²) in [7, 11) is 0. The van der Waals surface area contributed by atoms with Crippen LogP contribution in [0.2, 0.25) is 0 Å². The van der Waals surface area contributed by atoms with E-state index in [1.165, 1.54) is 6.07 Å². The molecule has 18 heavy (non-hydrogen) atoms. The van der Waals surface area contributed by atoms with E-state index >= 15 is 0 Å². The standard InChI is InChI=1S/C14H19FN2O/c15-13-4-2-1-3-11(13)7-9-16-10-8-14(18)17-12-5-6-12/h1-4,12,16H,5-10H2,(H,17,18). The molecule has 2 N–H and O–H groups in total. The molecule has 3 nitrogen and oxygen atoms in total. The minimum absolute atomic E-state index is 0.107. The van der Waals surface area contributed by atoms with E-state index in [4.69, 9.17) is 0 Å². The van der Waals surface area contributed by atoms with Gasteiger partial charge < -0.3 is 10.6 Å². The van der Waals surface area contributed by atoms with Crippen LogP contribution in [0, 0.1) is 5.82 Å². The van der Waals surface area contributed by atoms with Gasteiger partial charge in [-0.2, -0.15) is 0 Å². The summed E-state index contributed by atoms with van der Waals surface area (Å²) in [6.45, 7) is 1.34. The Morgan fingerprint density at radius 3 is 2.78 bits per heavy atom. The molecule has 2 rings (SSSR count). The molecule has 98 valence electrons. The second-order valence-electron chi connectivity index (χ2n) is 4.68. The van der Waals surface area contributed by atoms with Gasteiger partial charge in [0.05, 0.1) is 0 Å². The lowest BCUT2D eigenvalue weighted by molar-refractivity contribution is -0.121. The number of carbonyl (C=O) groups is 1. The van der Waals surface area contributed by atoms with Crippen molar-refractivity contribution in [3.05, 3.63) is 35.6 Å². The fraction of sp³-hybridized carbons (Fsp3) is 0.500. The van der Waals surface area contributed by atoms with Crippen LogP contribution in [0.5, 0.6) is 0 Å². The first kappa shape index (κ1) is 13.0. The summed E-state index contributed by atoms with van der Waals surface area (Å²) in [5.74, 6) is -0.0540. The summed E-state index contributed by atoms with van der Waals surface area (Å²) < 4.78 is 13.3. The van der Waals surface area contributed by atoms with Gasteiger partial charge in [-0.15, -0.1) is 0 Å². The molecule has 1 fully saturated rings. The molecule has 1 amide bonds. The summed E-state index contributed by atoms with van der Waals surface area (Å²) in [5, 5.41) is 6.09. The summed E-state index contributed by atoms with van der Waals surface area (Å²) in [6, 6.07) is 7.21. The van der Waals surface area contributed by atoms with Crippen molar-refractivity contribution in [1.82, 2.24) is 10.6 Å². The van der Waals surface area contributed by atoms with E-state index < -0.39 is 0 Å². The number of amides is 1. The minimum atomic E-state index is -0.161. The number of rotatable bonds is 7. The second kappa shape index (κ2) is 6.50. The van der Waals surface area contributed by atoms with Gasteiger partial charge in [0.15, 0.2) is 0 Å². The number of hydrogen-bond donors (Lipinski definition) is 2. The predicted molar refractivity (Wildman–Crippen MR) is 68.8 cm³/mol. The Morgan fingerprint density at radius 2 is 2.06 bits per heavy atom. The molecule has 0 unspecified atom stereocenters. The van der Waals surface area contributed by atoms with E-state index in [0.29, 0.717) is 37.5 Å². The van der Waals surface area contributed by atoms with Gasteiger partial charge in [0.25, 0.3) is 0 Å². The van der Waals surface area contributed by atoms with Gasteiger partial charge in [-0.05, 0) is 37.4 Å². The Balaban J connectivity index is 1.55. The molecule has 0 heterocycles. The molecular weight excluding hydrogens is 231 g/mol. The highest BCUT2D eigenvalue weighted by molar-refractivity contribution is 5.76. The molecule has 4 heteroatoms. The van der Waals surface area contributed by atoms with Gasteiger partial charge in [-0.1, -0.05) is 18.2 Å². The first-order valence-corrected chi connectivity index (χ1v) is 6.49. The molecule has 0 radical (unpaired) electrons. The number of nitrogens with one attached hydrogen (secondary N) is 2. The summed E-state index contributed by atoms with van der Waals surface area (Å²) in [5.41, 5.74) is 0.715. The second-order valence-corrected chi connectivity index (χ2v) is 4.68. The Hall–Kier alpha value is -1.42. The third-order valence-corrected chi connectivity index (χ3v) is 3.00. The lowest BCUT2D eigenvalue weighted by Crippen LogP contribution is -2.29. The average molecular weight is 250 g/mol.